The molecular formula is C24H26N4O6S. The number of aryl methyl sites for hydroxylation is 1. The summed E-state index contributed by atoms with van der Waals surface area (Å²) in [5.74, 6) is -1.00. The Kier molecular flexibility index (Phi) is 8.15. The molecule has 1 heterocycles. The molecule has 1 unspecified atom stereocenters. The molecule has 0 radical (unpaired) electrons. The first-order valence-electron chi connectivity index (χ1n) is 10.7. The maximum Gasteiger partial charge on any atom is 0.338 e. The lowest BCUT2D eigenvalue weighted by Crippen LogP contribution is -2.46. The molecule has 0 aromatic heterocycles. The molecule has 2 aromatic rings. The van der Waals surface area contributed by atoms with Gasteiger partial charge in [0.1, 0.15) is 6.61 Å². The minimum absolute atomic E-state index is 0.103. The van der Waals surface area contributed by atoms with E-state index in [0.29, 0.717) is 33.2 Å². The molecule has 2 aromatic carbocycles. The van der Waals surface area contributed by atoms with Crippen LogP contribution >= 0.6 is 12.2 Å². The van der Waals surface area contributed by atoms with Crippen molar-refractivity contribution in [3.8, 4) is 0 Å². The summed E-state index contributed by atoms with van der Waals surface area (Å²) in [6.07, 6.45) is 0. The van der Waals surface area contributed by atoms with Gasteiger partial charge in [0.2, 0.25) is 0 Å². The monoisotopic (exact) mass is 498 g/mol. The van der Waals surface area contributed by atoms with E-state index in [4.69, 9.17) is 21.7 Å². The van der Waals surface area contributed by atoms with Crippen LogP contribution in [0.3, 0.4) is 0 Å². The molecule has 0 bridgehead atoms. The molecule has 1 aliphatic heterocycles. The van der Waals surface area contributed by atoms with Gasteiger partial charge in [0, 0.05) is 42.7 Å². The van der Waals surface area contributed by atoms with Crippen LogP contribution in [-0.2, 0) is 14.3 Å². The Morgan fingerprint density at radius 3 is 2.63 bits per heavy atom. The van der Waals surface area contributed by atoms with Crippen LogP contribution in [0.2, 0.25) is 0 Å². The van der Waals surface area contributed by atoms with E-state index in [1.165, 1.54) is 25.3 Å². The van der Waals surface area contributed by atoms with Crippen molar-refractivity contribution in [2.75, 3.05) is 32.7 Å². The molecule has 184 valence electrons. The number of thiocarbonyl (C=S) groups is 1. The zero-order valence-electron chi connectivity index (χ0n) is 19.8. The highest BCUT2D eigenvalue weighted by atomic mass is 32.1. The number of nitrogens with zero attached hydrogens (tertiary/aromatic N) is 2. The lowest BCUT2D eigenvalue weighted by Gasteiger charge is -2.35. The fourth-order valence-corrected chi connectivity index (χ4v) is 3.85. The quantitative estimate of drug-likeness (QED) is 0.185. The fraction of sp³-hybridized carbons (Fsp3) is 0.292. The summed E-state index contributed by atoms with van der Waals surface area (Å²) in [5.41, 5.74) is 2.64. The summed E-state index contributed by atoms with van der Waals surface area (Å²) in [7, 11) is 3.27. The second kappa shape index (κ2) is 11.1. The van der Waals surface area contributed by atoms with E-state index >= 15 is 0 Å². The van der Waals surface area contributed by atoms with Crippen LogP contribution in [-0.4, -0.2) is 54.2 Å². The van der Waals surface area contributed by atoms with Gasteiger partial charge in [0.15, 0.2) is 5.11 Å². The number of methoxy groups -OCH3 is 1. The van der Waals surface area contributed by atoms with Gasteiger partial charge in [-0.3, -0.25) is 14.9 Å². The van der Waals surface area contributed by atoms with E-state index in [-0.39, 0.29) is 24.5 Å². The number of anilines is 1. The molecule has 0 saturated carbocycles. The van der Waals surface area contributed by atoms with Crippen LogP contribution in [0.1, 0.15) is 34.5 Å². The van der Waals surface area contributed by atoms with Crippen molar-refractivity contribution in [3.05, 3.63) is 80.5 Å². The average molecular weight is 499 g/mol. The largest absolute Gasteiger partial charge is 0.460 e. The molecule has 10 nitrogen and oxygen atoms in total. The molecular weight excluding hydrogens is 472 g/mol. The number of benzene rings is 2. The van der Waals surface area contributed by atoms with Gasteiger partial charge in [-0.25, -0.2) is 4.79 Å². The van der Waals surface area contributed by atoms with Gasteiger partial charge in [-0.2, -0.15) is 0 Å². The molecule has 0 fully saturated rings. The summed E-state index contributed by atoms with van der Waals surface area (Å²) in [5, 5.41) is 17.6. The van der Waals surface area contributed by atoms with E-state index in [1.807, 2.05) is 0 Å². The molecule has 0 spiro atoms. The topological polar surface area (TPSA) is 123 Å². The first-order chi connectivity index (χ1) is 16.6. The van der Waals surface area contributed by atoms with Crippen LogP contribution in [0.25, 0.3) is 0 Å². The van der Waals surface area contributed by atoms with E-state index in [9.17, 15) is 19.7 Å². The van der Waals surface area contributed by atoms with Crippen molar-refractivity contribution in [1.29, 1.82) is 0 Å². The molecule has 2 N–H and O–H groups in total. The smallest absolute Gasteiger partial charge is 0.338 e. The van der Waals surface area contributed by atoms with Crippen LogP contribution in [0.5, 0.6) is 0 Å². The standard InChI is InChI=1S/C24H26N4O6S/c1-14-8-9-17(13-19(14)28(31)32)22(29)25-18-7-5-6-16(12-18)21-20(23(30)34-11-10-33-4)15(2)27(3)24(35)26-21/h5-9,12-13,21H,10-11H2,1-4H3,(H,25,29)(H,26,35). The highest BCUT2D eigenvalue weighted by molar-refractivity contribution is 7.80. The Balaban J connectivity index is 1.89. The molecule has 1 aliphatic rings. The Hall–Kier alpha value is -3.83. The van der Waals surface area contributed by atoms with Crippen LogP contribution in [0.4, 0.5) is 11.4 Å². The minimum Gasteiger partial charge on any atom is -0.460 e. The predicted octanol–water partition coefficient (Wildman–Crippen LogP) is 3.48. The molecule has 1 amide bonds. The van der Waals surface area contributed by atoms with Crippen LogP contribution < -0.4 is 10.6 Å². The zero-order valence-corrected chi connectivity index (χ0v) is 20.6. The Labute approximate surface area is 208 Å². The summed E-state index contributed by atoms with van der Waals surface area (Å²) in [4.78, 5) is 38.1. The van der Waals surface area contributed by atoms with Crippen molar-refractivity contribution in [3.63, 3.8) is 0 Å². The first kappa shape index (κ1) is 25.8. The molecule has 0 aliphatic carbocycles. The number of allylic oxidation sites excluding steroid dienone is 1. The third-order valence-electron chi connectivity index (χ3n) is 5.64. The minimum atomic E-state index is -0.606. The maximum atomic E-state index is 12.9. The van der Waals surface area contributed by atoms with E-state index < -0.39 is 22.8 Å². The number of hydrogen-bond donors (Lipinski definition) is 2. The highest BCUT2D eigenvalue weighted by Crippen LogP contribution is 2.32. The van der Waals surface area contributed by atoms with Gasteiger partial charge in [0.05, 0.1) is 23.1 Å². The number of esters is 1. The lowest BCUT2D eigenvalue weighted by atomic mass is 9.94. The van der Waals surface area contributed by atoms with Crippen LogP contribution in [0.15, 0.2) is 53.7 Å². The van der Waals surface area contributed by atoms with Crippen molar-refractivity contribution < 1.29 is 24.0 Å². The molecule has 35 heavy (non-hydrogen) atoms. The summed E-state index contributed by atoms with van der Waals surface area (Å²) in [6, 6.07) is 10.6. The zero-order chi connectivity index (χ0) is 25.7. The number of nitrogens with one attached hydrogen (secondary N) is 2. The number of rotatable bonds is 8. The third-order valence-corrected chi connectivity index (χ3v) is 6.03. The van der Waals surface area contributed by atoms with Crippen molar-refractivity contribution >= 4 is 40.6 Å². The van der Waals surface area contributed by atoms with Crippen molar-refractivity contribution in [1.82, 2.24) is 10.2 Å². The SMILES string of the molecule is COCCOC(=O)C1=C(C)N(C)C(=S)NC1c1cccc(NC(=O)c2ccc(C)c([N+](=O)[O-])c2)c1. The van der Waals surface area contributed by atoms with Gasteiger partial charge in [-0.15, -0.1) is 0 Å². The van der Waals surface area contributed by atoms with Gasteiger partial charge in [-0.05, 0) is 49.8 Å². The lowest BCUT2D eigenvalue weighted by molar-refractivity contribution is -0.385. The highest BCUT2D eigenvalue weighted by Gasteiger charge is 2.33. The Morgan fingerprint density at radius 2 is 1.94 bits per heavy atom. The van der Waals surface area contributed by atoms with Gasteiger partial charge >= 0.3 is 5.97 Å². The Morgan fingerprint density at radius 1 is 1.20 bits per heavy atom. The Bertz CT molecular complexity index is 1210. The molecule has 0 saturated heterocycles. The van der Waals surface area contributed by atoms with Crippen molar-refractivity contribution in [2.45, 2.75) is 19.9 Å². The second-order valence-corrected chi connectivity index (χ2v) is 8.29. The number of nitro benzene ring substituents is 1. The van der Waals surface area contributed by atoms with Crippen molar-refractivity contribution in [2.24, 2.45) is 0 Å². The molecule has 3 rings (SSSR count). The number of nitro groups is 1. The van der Waals surface area contributed by atoms with E-state index in [0.717, 1.165) is 0 Å². The summed E-state index contributed by atoms with van der Waals surface area (Å²) < 4.78 is 10.3. The number of ether oxygens (including phenoxy) is 2. The second-order valence-electron chi connectivity index (χ2n) is 7.91. The normalized spacial score (nSPS) is 15.5. The third kappa shape index (κ3) is 5.81. The first-order valence-corrected chi connectivity index (χ1v) is 11.1. The van der Waals surface area contributed by atoms with E-state index in [2.05, 4.69) is 10.6 Å². The summed E-state index contributed by atoms with van der Waals surface area (Å²) in [6.45, 7) is 3.76. The number of hydrogen-bond acceptors (Lipinski definition) is 7. The number of amides is 1. The molecule has 1 atom stereocenters. The van der Waals surface area contributed by atoms with Gasteiger partial charge in [0.25, 0.3) is 11.6 Å². The van der Waals surface area contributed by atoms with E-state index in [1.54, 1.807) is 50.1 Å². The average Bonchev–Trinajstić information content (AvgIpc) is 2.82. The van der Waals surface area contributed by atoms with Crippen LogP contribution in [0, 0.1) is 17.0 Å². The molecule has 11 heteroatoms. The van der Waals surface area contributed by atoms with Gasteiger partial charge in [-0.1, -0.05) is 18.2 Å². The predicted molar refractivity (Wildman–Crippen MR) is 134 cm³/mol. The number of carbonyl (C=O) groups excluding carboxylic acids is 2. The maximum absolute atomic E-state index is 12.9. The fourth-order valence-electron chi connectivity index (χ4n) is 3.59. The number of carbonyl (C=O) groups is 2. The van der Waals surface area contributed by atoms with Gasteiger partial charge < -0.3 is 25.0 Å². The summed E-state index contributed by atoms with van der Waals surface area (Å²) >= 11 is 5.42.